The van der Waals surface area contributed by atoms with E-state index in [0.717, 1.165) is 27.3 Å². The highest BCUT2D eigenvalue weighted by Gasteiger charge is 2.15. The highest BCUT2D eigenvalue weighted by Crippen LogP contribution is 2.36. The minimum atomic E-state index is 0.356. The molecule has 2 nitrogen and oxygen atoms in total. The van der Waals surface area contributed by atoms with E-state index in [0.29, 0.717) is 11.0 Å². The van der Waals surface area contributed by atoms with E-state index in [1.165, 1.54) is 11.3 Å². The van der Waals surface area contributed by atoms with Crippen LogP contribution >= 0.6 is 11.3 Å². The quantitative estimate of drug-likeness (QED) is 0.866. The lowest BCUT2D eigenvalue weighted by Crippen LogP contribution is -1.92. The van der Waals surface area contributed by atoms with Gasteiger partial charge in [0, 0.05) is 0 Å². The second-order valence-corrected chi connectivity index (χ2v) is 5.70. The fourth-order valence-electron chi connectivity index (χ4n) is 2.03. The van der Waals surface area contributed by atoms with E-state index >= 15 is 0 Å². The lowest BCUT2D eigenvalue weighted by Gasteiger charge is -2.08. The van der Waals surface area contributed by atoms with E-state index in [2.05, 4.69) is 50.2 Å². The Morgan fingerprint density at radius 2 is 1.89 bits per heavy atom. The lowest BCUT2D eigenvalue weighted by molar-refractivity contribution is 0.836. The Kier molecular flexibility index (Phi) is 3.86. The molecule has 0 fully saturated rings. The smallest absolute Gasteiger partial charge is 0.180 e. The first-order chi connectivity index (χ1) is 9.06. The molecule has 2 aromatic rings. The molecule has 0 radical (unpaired) electrons. The zero-order valence-electron chi connectivity index (χ0n) is 11.3. The third-order valence-corrected chi connectivity index (χ3v) is 3.95. The van der Waals surface area contributed by atoms with Gasteiger partial charge < -0.3 is 5.73 Å². The van der Waals surface area contributed by atoms with Gasteiger partial charge in [0.2, 0.25) is 0 Å². The SMILES string of the molecule is C=Cc1ccc(-c2sc(N)nc2C(C)C)cc1C=C. The van der Waals surface area contributed by atoms with Gasteiger partial charge in [-0.1, -0.05) is 62.6 Å². The molecule has 98 valence electrons. The molecule has 2 N–H and O–H groups in total. The van der Waals surface area contributed by atoms with Crippen LogP contribution in [0.5, 0.6) is 0 Å². The molecular weight excluding hydrogens is 252 g/mol. The van der Waals surface area contributed by atoms with Gasteiger partial charge >= 0.3 is 0 Å². The largest absolute Gasteiger partial charge is 0.375 e. The fourth-order valence-corrected chi connectivity index (χ4v) is 3.01. The van der Waals surface area contributed by atoms with Gasteiger partial charge in [-0.3, -0.25) is 0 Å². The molecule has 0 aliphatic heterocycles. The third kappa shape index (κ3) is 2.61. The summed E-state index contributed by atoms with van der Waals surface area (Å²) in [7, 11) is 0. The molecule has 19 heavy (non-hydrogen) atoms. The number of benzene rings is 1. The molecule has 0 spiro atoms. The van der Waals surface area contributed by atoms with Crippen molar-refractivity contribution < 1.29 is 0 Å². The molecule has 1 aromatic carbocycles. The van der Waals surface area contributed by atoms with Crippen molar-refractivity contribution in [1.29, 1.82) is 0 Å². The predicted molar refractivity (Wildman–Crippen MR) is 86.2 cm³/mol. The molecule has 0 aliphatic rings. The average molecular weight is 270 g/mol. The van der Waals surface area contributed by atoms with Gasteiger partial charge in [0.25, 0.3) is 0 Å². The van der Waals surface area contributed by atoms with Crippen molar-refractivity contribution in [3.63, 3.8) is 0 Å². The van der Waals surface area contributed by atoms with Crippen molar-refractivity contribution in [2.45, 2.75) is 19.8 Å². The number of anilines is 1. The number of nitrogen functional groups attached to an aromatic ring is 1. The molecule has 0 saturated carbocycles. The van der Waals surface area contributed by atoms with Crippen LogP contribution in [0.3, 0.4) is 0 Å². The first kappa shape index (κ1) is 13.6. The Labute approximate surface area is 118 Å². The summed E-state index contributed by atoms with van der Waals surface area (Å²) in [5.41, 5.74) is 10.2. The maximum absolute atomic E-state index is 5.85. The number of hydrogen-bond acceptors (Lipinski definition) is 3. The van der Waals surface area contributed by atoms with Crippen molar-refractivity contribution in [3.8, 4) is 10.4 Å². The van der Waals surface area contributed by atoms with Gasteiger partial charge in [0.15, 0.2) is 5.13 Å². The van der Waals surface area contributed by atoms with Crippen molar-refractivity contribution in [2.75, 3.05) is 5.73 Å². The van der Waals surface area contributed by atoms with Crippen molar-refractivity contribution in [3.05, 3.63) is 48.2 Å². The van der Waals surface area contributed by atoms with E-state index in [9.17, 15) is 0 Å². The summed E-state index contributed by atoms with van der Waals surface area (Å²) < 4.78 is 0. The van der Waals surface area contributed by atoms with Gasteiger partial charge in [-0.2, -0.15) is 0 Å². The summed E-state index contributed by atoms with van der Waals surface area (Å²) in [6.45, 7) is 11.9. The molecule has 0 atom stereocenters. The zero-order chi connectivity index (χ0) is 14.0. The first-order valence-electron chi connectivity index (χ1n) is 6.22. The van der Waals surface area contributed by atoms with Crippen LogP contribution in [-0.2, 0) is 0 Å². The summed E-state index contributed by atoms with van der Waals surface area (Å²) in [4.78, 5) is 5.58. The summed E-state index contributed by atoms with van der Waals surface area (Å²) in [6, 6.07) is 6.26. The number of hydrogen-bond donors (Lipinski definition) is 1. The molecule has 1 aromatic heterocycles. The van der Waals surface area contributed by atoms with E-state index in [1.54, 1.807) is 0 Å². The average Bonchev–Trinajstić information content (AvgIpc) is 2.80. The summed E-state index contributed by atoms with van der Waals surface area (Å²) in [5.74, 6) is 0.356. The van der Waals surface area contributed by atoms with Crippen LogP contribution in [-0.4, -0.2) is 4.98 Å². The highest BCUT2D eigenvalue weighted by atomic mass is 32.1. The molecule has 0 aliphatic carbocycles. The number of nitrogens with two attached hydrogens (primary N) is 1. The van der Waals surface area contributed by atoms with Crippen LogP contribution in [0.2, 0.25) is 0 Å². The van der Waals surface area contributed by atoms with Crippen LogP contribution in [0, 0.1) is 0 Å². The number of thiazole rings is 1. The second-order valence-electron chi connectivity index (χ2n) is 4.67. The fraction of sp³-hybridized carbons (Fsp3) is 0.188. The number of rotatable bonds is 4. The van der Waals surface area contributed by atoms with Crippen LogP contribution in [0.1, 0.15) is 36.6 Å². The molecule has 1 heterocycles. The Balaban J connectivity index is 2.59. The van der Waals surface area contributed by atoms with E-state index in [4.69, 9.17) is 5.73 Å². The molecule has 0 unspecified atom stereocenters. The minimum absolute atomic E-state index is 0.356. The van der Waals surface area contributed by atoms with Crippen molar-refractivity contribution in [2.24, 2.45) is 0 Å². The number of nitrogens with zero attached hydrogens (tertiary/aromatic N) is 1. The summed E-state index contributed by atoms with van der Waals surface area (Å²) in [5, 5.41) is 0.617. The van der Waals surface area contributed by atoms with Gasteiger partial charge in [-0.05, 0) is 28.7 Å². The van der Waals surface area contributed by atoms with E-state index in [-0.39, 0.29) is 0 Å². The standard InChI is InChI=1S/C16H18N2S/c1-5-11-7-8-13(9-12(11)6-2)15-14(10(3)4)18-16(17)19-15/h5-10H,1-2H2,3-4H3,(H2,17,18). The number of aromatic nitrogens is 1. The lowest BCUT2D eigenvalue weighted by atomic mass is 10.00. The highest BCUT2D eigenvalue weighted by molar-refractivity contribution is 7.18. The Morgan fingerprint density at radius 3 is 2.47 bits per heavy atom. The Morgan fingerprint density at radius 1 is 1.21 bits per heavy atom. The molecule has 0 bridgehead atoms. The Hall–Kier alpha value is -1.87. The van der Waals surface area contributed by atoms with Gasteiger partial charge in [-0.15, -0.1) is 0 Å². The summed E-state index contributed by atoms with van der Waals surface area (Å²) in [6.07, 6.45) is 3.69. The topological polar surface area (TPSA) is 38.9 Å². The zero-order valence-corrected chi connectivity index (χ0v) is 12.1. The van der Waals surface area contributed by atoms with Crippen molar-refractivity contribution in [1.82, 2.24) is 4.98 Å². The van der Waals surface area contributed by atoms with Crippen LogP contribution in [0.4, 0.5) is 5.13 Å². The second kappa shape index (κ2) is 5.41. The van der Waals surface area contributed by atoms with Gasteiger partial charge in [0.05, 0.1) is 10.6 Å². The van der Waals surface area contributed by atoms with Gasteiger partial charge in [0.1, 0.15) is 0 Å². The monoisotopic (exact) mass is 270 g/mol. The van der Waals surface area contributed by atoms with Crippen molar-refractivity contribution >= 4 is 28.6 Å². The van der Waals surface area contributed by atoms with E-state index in [1.807, 2.05) is 12.2 Å². The minimum Gasteiger partial charge on any atom is -0.375 e. The van der Waals surface area contributed by atoms with E-state index < -0.39 is 0 Å². The van der Waals surface area contributed by atoms with Crippen LogP contribution in [0.25, 0.3) is 22.6 Å². The molecular formula is C16H18N2S. The Bertz CT molecular complexity index is 624. The molecule has 0 saturated heterocycles. The summed E-state index contributed by atoms with van der Waals surface area (Å²) >= 11 is 1.53. The van der Waals surface area contributed by atoms with Gasteiger partial charge in [-0.25, -0.2) is 4.98 Å². The van der Waals surface area contributed by atoms with Crippen LogP contribution in [0.15, 0.2) is 31.4 Å². The molecule has 2 rings (SSSR count). The third-order valence-electron chi connectivity index (χ3n) is 3.01. The normalized spacial score (nSPS) is 10.7. The maximum atomic E-state index is 5.85. The first-order valence-corrected chi connectivity index (χ1v) is 7.04. The molecule has 0 amide bonds. The predicted octanol–water partition coefficient (Wildman–Crippen LogP) is 4.80. The maximum Gasteiger partial charge on any atom is 0.180 e. The van der Waals surface area contributed by atoms with Crippen LogP contribution < -0.4 is 5.73 Å². The molecule has 3 heteroatoms.